The van der Waals surface area contributed by atoms with Crippen LogP contribution in [0.2, 0.25) is 0 Å². The maximum atomic E-state index is 11.5. The van der Waals surface area contributed by atoms with E-state index in [0.717, 1.165) is 12.8 Å². The number of hydrogen-bond donors (Lipinski definition) is 0. The topological polar surface area (TPSA) is 26.3 Å². The third-order valence-corrected chi connectivity index (χ3v) is 2.05. The zero-order valence-corrected chi connectivity index (χ0v) is 10.2. The minimum absolute atomic E-state index is 0.0424. The lowest BCUT2D eigenvalue weighted by Crippen LogP contribution is -2.27. The van der Waals surface area contributed by atoms with Gasteiger partial charge >= 0.3 is 5.97 Å². The largest absolute Gasteiger partial charge is 0.460 e. The van der Waals surface area contributed by atoms with Crippen molar-refractivity contribution in [2.75, 3.05) is 0 Å². The van der Waals surface area contributed by atoms with E-state index in [2.05, 4.69) is 6.92 Å². The lowest BCUT2D eigenvalue weighted by atomic mass is 10.0. The Kier molecular flexibility index (Phi) is 5.82. The fourth-order valence-electron chi connectivity index (χ4n) is 1.22. The average molecular weight is 200 g/mol. The van der Waals surface area contributed by atoms with Crippen molar-refractivity contribution in [1.29, 1.82) is 0 Å². The van der Waals surface area contributed by atoms with Crippen molar-refractivity contribution in [3.05, 3.63) is 0 Å². The second kappa shape index (κ2) is 6.05. The molecule has 0 N–H and O–H groups in total. The average Bonchev–Trinajstić information content (AvgIpc) is 2.01. The summed E-state index contributed by atoms with van der Waals surface area (Å²) in [4.78, 5) is 11.5. The van der Waals surface area contributed by atoms with Crippen molar-refractivity contribution in [2.24, 2.45) is 5.92 Å². The Labute approximate surface area is 88.0 Å². The van der Waals surface area contributed by atoms with E-state index in [0.29, 0.717) is 0 Å². The van der Waals surface area contributed by atoms with Gasteiger partial charge in [0.2, 0.25) is 0 Å². The number of carbonyl (C=O) groups is 1. The SMILES string of the molecule is CCCCCC(C)C(=O)OC(C)(C)C. The summed E-state index contributed by atoms with van der Waals surface area (Å²) in [6, 6.07) is 0. The number of unbranched alkanes of at least 4 members (excludes halogenated alkanes) is 2. The molecule has 2 heteroatoms. The van der Waals surface area contributed by atoms with Crippen LogP contribution in [0.15, 0.2) is 0 Å². The predicted octanol–water partition coefficient (Wildman–Crippen LogP) is 3.54. The molecular weight excluding hydrogens is 176 g/mol. The molecule has 0 aliphatic heterocycles. The third kappa shape index (κ3) is 6.93. The van der Waals surface area contributed by atoms with Gasteiger partial charge in [-0.1, -0.05) is 33.1 Å². The van der Waals surface area contributed by atoms with Crippen LogP contribution in [0.4, 0.5) is 0 Å². The van der Waals surface area contributed by atoms with E-state index in [-0.39, 0.29) is 17.5 Å². The van der Waals surface area contributed by atoms with E-state index in [1.165, 1.54) is 12.8 Å². The molecular formula is C12H24O2. The minimum Gasteiger partial charge on any atom is -0.460 e. The summed E-state index contributed by atoms with van der Waals surface area (Å²) in [6.45, 7) is 9.83. The fourth-order valence-corrected chi connectivity index (χ4v) is 1.22. The molecule has 0 spiro atoms. The first kappa shape index (κ1) is 13.5. The molecule has 0 aromatic rings. The van der Waals surface area contributed by atoms with Crippen molar-refractivity contribution in [3.8, 4) is 0 Å². The number of carbonyl (C=O) groups excluding carboxylic acids is 1. The predicted molar refractivity (Wildman–Crippen MR) is 59.2 cm³/mol. The molecule has 0 aliphatic carbocycles. The minimum atomic E-state index is -0.351. The van der Waals surface area contributed by atoms with Crippen molar-refractivity contribution in [1.82, 2.24) is 0 Å². The van der Waals surface area contributed by atoms with E-state index in [4.69, 9.17) is 4.74 Å². The molecule has 1 atom stereocenters. The molecule has 2 nitrogen and oxygen atoms in total. The van der Waals surface area contributed by atoms with Gasteiger partial charge in [-0.05, 0) is 27.2 Å². The summed E-state index contributed by atoms with van der Waals surface area (Å²) in [6.07, 6.45) is 4.47. The van der Waals surface area contributed by atoms with Crippen LogP contribution in [0.3, 0.4) is 0 Å². The Balaban J connectivity index is 3.77. The van der Waals surface area contributed by atoms with Gasteiger partial charge in [0.25, 0.3) is 0 Å². The molecule has 14 heavy (non-hydrogen) atoms. The highest BCUT2D eigenvalue weighted by Crippen LogP contribution is 2.15. The first-order valence-corrected chi connectivity index (χ1v) is 5.59. The second-order valence-corrected chi connectivity index (χ2v) is 4.93. The highest BCUT2D eigenvalue weighted by molar-refractivity contribution is 5.72. The van der Waals surface area contributed by atoms with Gasteiger partial charge in [-0.25, -0.2) is 0 Å². The quantitative estimate of drug-likeness (QED) is 0.501. The number of rotatable bonds is 5. The monoisotopic (exact) mass is 200 g/mol. The van der Waals surface area contributed by atoms with E-state index < -0.39 is 0 Å². The molecule has 1 unspecified atom stereocenters. The van der Waals surface area contributed by atoms with Gasteiger partial charge < -0.3 is 4.74 Å². The van der Waals surface area contributed by atoms with E-state index in [1.54, 1.807) is 0 Å². The van der Waals surface area contributed by atoms with Crippen LogP contribution in [0.1, 0.15) is 60.3 Å². The standard InChI is InChI=1S/C12H24O2/c1-6-7-8-9-10(2)11(13)14-12(3,4)5/h10H,6-9H2,1-5H3. The van der Waals surface area contributed by atoms with Gasteiger partial charge in [-0.15, -0.1) is 0 Å². The van der Waals surface area contributed by atoms with Crippen LogP contribution in [0.5, 0.6) is 0 Å². The van der Waals surface area contributed by atoms with Gasteiger partial charge in [-0.2, -0.15) is 0 Å². The van der Waals surface area contributed by atoms with Crippen LogP contribution in [0, 0.1) is 5.92 Å². The second-order valence-electron chi connectivity index (χ2n) is 4.93. The zero-order valence-electron chi connectivity index (χ0n) is 10.2. The van der Waals surface area contributed by atoms with Gasteiger partial charge in [0.1, 0.15) is 5.60 Å². The summed E-state index contributed by atoms with van der Waals surface area (Å²) >= 11 is 0. The summed E-state index contributed by atoms with van der Waals surface area (Å²) in [5.74, 6) is -0.0191. The fraction of sp³-hybridized carbons (Fsp3) is 0.917. The highest BCUT2D eigenvalue weighted by Gasteiger charge is 2.20. The van der Waals surface area contributed by atoms with E-state index in [9.17, 15) is 4.79 Å². The molecule has 0 fully saturated rings. The first-order chi connectivity index (χ1) is 6.37. The summed E-state index contributed by atoms with van der Waals surface area (Å²) in [5.41, 5.74) is -0.351. The van der Waals surface area contributed by atoms with Crippen LogP contribution in [-0.2, 0) is 9.53 Å². The van der Waals surface area contributed by atoms with Crippen LogP contribution in [-0.4, -0.2) is 11.6 Å². The Bertz CT molecular complexity index is 168. The number of esters is 1. The lowest BCUT2D eigenvalue weighted by Gasteiger charge is -2.22. The van der Waals surface area contributed by atoms with E-state index in [1.807, 2.05) is 27.7 Å². The van der Waals surface area contributed by atoms with Crippen LogP contribution < -0.4 is 0 Å². The van der Waals surface area contributed by atoms with Crippen molar-refractivity contribution >= 4 is 5.97 Å². The van der Waals surface area contributed by atoms with Crippen molar-refractivity contribution in [3.63, 3.8) is 0 Å². The van der Waals surface area contributed by atoms with Crippen molar-refractivity contribution in [2.45, 2.75) is 65.9 Å². The molecule has 0 aromatic carbocycles. The molecule has 0 aromatic heterocycles. The summed E-state index contributed by atoms with van der Waals surface area (Å²) in [5, 5.41) is 0. The molecule has 0 heterocycles. The van der Waals surface area contributed by atoms with Gasteiger partial charge in [0.15, 0.2) is 0 Å². The molecule has 84 valence electrons. The van der Waals surface area contributed by atoms with Gasteiger partial charge in [-0.3, -0.25) is 4.79 Å². The Morgan fingerprint density at radius 2 is 1.86 bits per heavy atom. The molecule has 0 bridgehead atoms. The molecule has 0 amide bonds. The van der Waals surface area contributed by atoms with E-state index >= 15 is 0 Å². The Morgan fingerprint density at radius 1 is 1.29 bits per heavy atom. The molecule has 0 aliphatic rings. The van der Waals surface area contributed by atoms with Crippen LogP contribution in [0.25, 0.3) is 0 Å². The lowest BCUT2D eigenvalue weighted by molar-refractivity contribution is -0.159. The number of hydrogen-bond acceptors (Lipinski definition) is 2. The van der Waals surface area contributed by atoms with Crippen molar-refractivity contribution < 1.29 is 9.53 Å². The molecule has 0 rings (SSSR count). The molecule has 0 saturated heterocycles. The maximum absolute atomic E-state index is 11.5. The smallest absolute Gasteiger partial charge is 0.309 e. The van der Waals surface area contributed by atoms with Gasteiger partial charge in [0.05, 0.1) is 5.92 Å². The molecule has 0 radical (unpaired) electrons. The third-order valence-electron chi connectivity index (χ3n) is 2.05. The Morgan fingerprint density at radius 3 is 2.29 bits per heavy atom. The zero-order chi connectivity index (χ0) is 11.2. The van der Waals surface area contributed by atoms with Gasteiger partial charge in [0, 0.05) is 0 Å². The number of ether oxygens (including phenoxy) is 1. The Hall–Kier alpha value is -0.530. The maximum Gasteiger partial charge on any atom is 0.309 e. The summed E-state index contributed by atoms with van der Waals surface area (Å²) < 4.78 is 5.29. The summed E-state index contributed by atoms with van der Waals surface area (Å²) in [7, 11) is 0. The first-order valence-electron chi connectivity index (χ1n) is 5.59. The molecule has 0 saturated carbocycles. The highest BCUT2D eigenvalue weighted by atomic mass is 16.6. The van der Waals surface area contributed by atoms with Crippen LogP contribution >= 0.6 is 0 Å². The normalized spacial score (nSPS) is 13.8.